The average Bonchev–Trinajstić information content (AvgIpc) is 2.39. The van der Waals surface area contributed by atoms with Gasteiger partial charge in [-0.2, -0.15) is 0 Å². The number of carbonyl (C=O) groups is 2. The molecule has 0 aromatic heterocycles. The number of hydrogen-bond acceptors (Lipinski definition) is 4. The second-order valence-corrected chi connectivity index (χ2v) is 5.66. The highest BCUT2D eigenvalue weighted by Crippen LogP contribution is 2.29. The van der Waals surface area contributed by atoms with Gasteiger partial charge in [-0.05, 0) is 37.1 Å². The highest BCUT2D eigenvalue weighted by atomic mass is 32.2. The zero-order chi connectivity index (χ0) is 13.0. The summed E-state index contributed by atoms with van der Waals surface area (Å²) in [6.07, 6.45) is 3.07. The molecule has 0 heterocycles. The summed E-state index contributed by atoms with van der Waals surface area (Å²) in [5.74, 6) is 1.02. The van der Waals surface area contributed by atoms with Gasteiger partial charge in [0.25, 0.3) is 0 Å². The first-order valence-corrected chi connectivity index (χ1v) is 6.94. The third-order valence-electron chi connectivity index (χ3n) is 3.04. The topological polar surface area (TPSA) is 43.4 Å². The maximum Gasteiger partial charge on any atom is 0.219 e. The Morgan fingerprint density at radius 2 is 2.06 bits per heavy atom. The molecule has 3 nitrogen and oxygen atoms in total. The van der Waals surface area contributed by atoms with Crippen LogP contribution in [0.25, 0.3) is 0 Å². The SMILES string of the molecule is COc1ccc(C(=O)SC2CCCC(=O)C2)cc1. The van der Waals surface area contributed by atoms with Crippen LogP contribution in [0.1, 0.15) is 36.0 Å². The molecule has 1 saturated carbocycles. The maximum absolute atomic E-state index is 12.0. The number of rotatable bonds is 3. The van der Waals surface area contributed by atoms with Gasteiger partial charge in [0, 0.05) is 23.7 Å². The Bertz CT molecular complexity index is 439. The van der Waals surface area contributed by atoms with Gasteiger partial charge >= 0.3 is 0 Å². The van der Waals surface area contributed by atoms with E-state index in [0.29, 0.717) is 18.4 Å². The summed E-state index contributed by atoms with van der Waals surface area (Å²) >= 11 is 1.29. The minimum absolute atomic E-state index is 0.0392. The standard InChI is InChI=1S/C14H16O3S/c1-17-12-7-5-10(6-8-12)14(16)18-13-4-2-3-11(15)9-13/h5-8,13H,2-4,9H2,1H3. The molecule has 96 valence electrons. The van der Waals surface area contributed by atoms with Crippen LogP contribution in [0, 0.1) is 0 Å². The Balaban J connectivity index is 1.96. The molecule has 1 aliphatic rings. The van der Waals surface area contributed by atoms with Crippen molar-refractivity contribution in [2.45, 2.75) is 30.9 Å². The van der Waals surface area contributed by atoms with Crippen LogP contribution in [0.15, 0.2) is 24.3 Å². The maximum atomic E-state index is 12.0. The van der Waals surface area contributed by atoms with Crippen LogP contribution in [-0.4, -0.2) is 23.3 Å². The number of benzene rings is 1. The molecule has 18 heavy (non-hydrogen) atoms. The minimum atomic E-state index is 0.0392. The van der Waals surface area contributed by atoms with Crippen LogP contribution in [0.4, 0.5) is 0 Å². The van der Waals surface area contributed by atoms with E-state index in [2.05, 4.69) is 0 Å². The molecular weight excluding hydrogens is 248 g/mol. The van der Waals surface area contributed by atoms with E-state index in [4.69, 9.17) is 4.74 Å². The Hall–Kier alpha value is -1.29. The fourth-order valence-electron chi connectivity index (χ4n) is 2.03. The van der Waals surface area contributed by atoms with E-state index in [0.717, 1.165) is 18.6 Å². The Morgan fingerprint density at radius 3 is 2.67 bits per heavy atom. The zero-order valence-corrected chi connectivity index (χ0v) is 11.2. The van der Waals surface area contributed by atoms with E-state index in [-0.39, 0.29) is 16.1 Å². The van der Waals surface area contributed by atoms with E-state index in [9.17, 15) is 9.59 Å². The van der Waals surface area contributed by atoms with Crippen molar-refractivity contribution in [1.29, 1.82) is 0 Å². The summed E-state index contributed by atoms with van der Waals surface area (Å²) in [5.41, 5.74) is 0.666. The van der Waals surface area contributed by atoms with Gasteiger partial charge in [-0.25, -0.2) is 0 Å². The molecule has 0 bridgehead atoms. The molecule has 1 aromatic carbocycles. The van der Waals surface area contributed by atoms with Gasteiger partial charge in [-0.1, -0.05) is 11.8 Å². The molecule has 0 amide bonds. The molecule has 0 spiro atoms. The van der Waals surface area contributed by atoms with Crippen molar-refractivity contribution in [3.63, 3.8) is 0 Å². The molecule has 2 rings (SSSR count). The van der Waals surface area contributed by atoms with Crippen LogP contribution >= 0.6 is 11.8 Å². The molecule has 1 aliphatic carbocycles. The predicted octanol–water partition coefficient (Wildman–Crippen LogP) is 3.08. The second kappa shape index (κ2) is 6.05. The monoisotopic (exact) mass is 264 g/mol. The third kappa shape index (κ3) is 3.35. The van der Waals surface area contributed by atoms with Crippen molar-refractivity contribution in [3.8, 4) is 5.75 Å². The molecular formula is C14H16O3S. The van der Waals surface area contributed by atoms with Gasteiger partial charge < -0.3 is 4.74 Å². The van der Waals surface area contributed by atoms with E-state index < -0.39 is 0 Å². The number of ether oxygens (including phenoxy) is 1. The summed E-state index contributed by atoms with van der Waals surface area (Å²) in [7, 11) is 1.60. The highest BCUT2D eigenvalue weighted by Gasteiger charge is 2.23. The lowest BCUT2D eigenvalue weighted by Gasteiger charge is -2.19. The first-order chi connectivity index (χ1) is 8.69. The van der Waals surface area contributed by atoms with Gasteiger partial charge in [-0.15, -0.1) is 0 Å². The number of ketones is 1. The van der Waals surface area contributed by atoms with Crippen molar-refractivity contribution in [3.05, 3.63) is 29.8 Å². The van der Waals surface area contributed by atoms with E-state index in [1.165, 1.54) is 11.8 Å². The van der Waals surface area contributed by atoms with Crippen molar-refractivity contribution in [1.82, 2.24) is 0 Å². The van der Waals surface area contributed by atoms with Crippen molar-refractivity contribution < 1.29 is 14.3 Å². The lowest BCUT2D eigenvalue weighted by Crippen LogP contribution is -2.18. The van der Waals surface area contributed by atoms with E-state index in [1.54, 1.807) is 31.4 Å². The molecule has 1 aromatic rings. The van der Waals surface area contributed by atoms with Crippen LogP contribution in [0.2, 0.25) is 0 Å². The Labute approximate surface area is 111 Å². The molecule has 1 unspecified atom stereocenters. The third-order valence-corrected chi connectivity index (χ3v) is 4.22. The van der Waals surface area contributed by atoms with Gasteiger partial charge in [0.2, 0.25) is 5.12 Å². The zero-order valence-electron chi connectivity index (χ0n) is 10.3. The predicted molar refractivity (Wildman–Crippen MR) is 72.2 cm³/mol. The molecule has 0 aliphatic heterocycles. The van der Waals surface area contributed by atoms with Gasteiger partial charge in [0.15, 0.2) is 0 Å². The minimum Gasteiger partial charge on any atom is -0.497 e. The summed E-state index contributed by atoms with van der Waals surface area (Å²) < 4.78 is 5.05. The molecule has 4 heteroatoms. The van der Waals surface area contributed by atoms with Crippen molar-refractivity contribution in [2.24, 2.45) is 0 Å². The number of hydrogen-bond donors (Lipinski definition) is 0. The lowest BCUT2D eigenvalue weighted by atomic mass is 9.99. The van der Waals surface area contributed by atoms with Crippen molar-refractivity contribution >= 4 is 22.7 Å². The smallest absolute Gasteiger partial charge is 0.219 e. The Morgan fingerprint density at radius 1 is 1.33 bits per heavy atom. The van der Waals surface area contributed by atoms with Gasteiger partial charge in [0.1, 0.15) is 11.5 Å². The molecule has 0 N–H and O–H groups in total. The fourth-order valence-corrected chi connectivity index (χ4v) is 3.16. The average molecular weight is 264 g/mol. The number of thioether (sulfide) groups is 1. The number of Topliss-reactive ketones (excluding diaryl/α,β-unsaturated/α-hetero) is 1. The lowest BCUT2D eigenvalue weighted by molar-refractivity contribution is -0.120. The van der Waals surface area contributed by atoms with E-state index >= 15 is 0 Å². The second-order valence-electron chi connectivity index (χ2n) is 4.39. The first-order valence-electron chi connectivity index (χ1n) is 6.06. The number of methoxy groups -OCH3 is 1. The summed E-state index contributed by atoms with van der Waals surface area (Å²) in [6.45, 7) is 0. The highest BCUT2D eigenvalue weighted by molar-refractivity contribution is 8.14. The number of carbonyl (C=O) groups excluding carboxylic acids is 2. The quantitative estimate of drug-likeness (QED) is 0.841. The summed E-state index contributed by atoms with van der Waals surface area (Å²) in [5, 5.41) is 0.193. The van der Waals surface area contributed by atoms with Crippen LogP contribution in [0.5, 0.6) is 5.75 Å². The molecule has 0 saturated heterocycles. The van der Waals surface area contributed by atoms with Gasteiger partial charge in [-0.3, -0.25) is 9.59 Å². The fraction of sp³-hybridized carbons (Fsp3) is 0.429. The van der Waals surface area contributed by atoms with Crippen molar-refractivity contribution in [2.75, 3.05) is 7.11 Å². The summed E-state index contributed by atoms with van der Waals surface area (Å²) in [6, 6.07) is 7.08. The largest absolute Gasteiger partial charge is 0.497 e. The normalized spacial score (nSPS) is 19.6. The van der Waals surface area contributed by atoms with E-state index in [1.807, 2.05) is 0 Å². The molecule has 0 radical (unpaired) electrons. The Kier molecular flexibility index (Phi) is 4.42. The molecule has 1 atom stereocenters. The van der Waals surface area contributed by atoms with Gasteiger partial charge in [0.05, 0.1) is 7.11 Å². The van der Waals surface area contributed by atoms with Crippen LogP contribution < -0.4 is 4.74 Å². The molecule has 1 fully saturated rings. The van der Waals surface area contributed by atoms with Crippen LogP contribution in [-0.2, 0) is 4.79 Å². The first kappa shape index (κ1) is 13.1. The summed E-state index contributed by atoms with van der Waals surface area (Å²) in [4.78, 5) is 23.4. The van der Waals surface area contributed by atoms with Crippen LogP contribution in [0.3, 0.4) is 0 Å².